The van der Waals surface area contributed by atoms with Gasteiger partial charge in [0.25, 0.3) is 5.91 Å². The van der Waals surface area contributed by atoms with Gasteiger partial charge in [-0.1, -0.05) is 11.2 Å². The van der Waals surface area contributed by atoms with Gasteiger partial charge in [0.05, 0.1) is 11.4 Å². The highest BCUT2D eigenvalue weighted by Crippen LogP contribution is 2.26. The first kappa shape index (κ1) is 16.6. The number of amides is 2. The largest absolute Gasteiger partial charge is 0.341 e. The van der Waals surface area contributed by atoms with Crippen LogP contribution < -0.4 is 0 Å². The number of carbonyl (C=O) groups excluding carboxylic acids is 2. The third-order valence-corrected chi connectivity index (χ3v) is 5.05. The zero-order chi connectivity index (χ0) is 17.1. The van der Waals surface area contributed by atoms with Gasteiger partial charge in [-0.05, 0) is 31.2 Å². The highest BCUT2D eigenvalue weighted by Gasteiger charge is 2.28. The Labute approximate surface area is 144 Å². The Morgan fingerprint density at radius 3 is 2.75 bits per heavy atom. The van der Waals surface area contributed by atoms with Crippen molar-refractivity contribution in [3.8, 4) is 0 Å². The second-order valence-electron chi connectivity index (χ2n) is 5.97. The molecule has 0 N–H and O–H groups in total. The molecule has 0 spiro atoms. The molecule has 1 aliphatic heterocycles. The van der Waals surface area contributed by atoms with Gasteiger partial charge in [-0.25, -0.2) is 0 Å². The maximum Gasteiger partial charge on any atom is 0.264 e. The van der Waals surface area contributed by atoms with E-state index in [2.05, 4.69) is 10.1 Å². The Bertz CT molecular complexity index is 705. The van der Waals surface area contributed by atoms with Crippen LogP contribution in [0.4, 0.5) is 0 Å². The fourth-order valence-corrected chi connectivity index (χ4v) is 3.54. The van der Waals surface area contributed by atoms with Gasteiger partial charge in [0.1, 0.15) is 0 Å². The summed E-state index contributed by atoms with van der Waals surface area (Å²) < 4.78 is 5.22. The molecule has 1 aliphatic rings. The first-order valence-electron chi connectivity index (χ1n) is 7.91. The molecule has 128 valence electrons. The molecule has 3 rings (SSSR count). The molecule has 0 aromatic carbocycles. The molecule has 0 saturated carbocycles. The van der Waals surface area contributed by atoms with E-state index >= 15 is 0 Å². The van der Waals surface area contributed by atoms with Gasteiger partial charge in [-0.15, -0.1) is 11.3 Å². The minimum Gasteiger partial charge on any atom is -0.341 e. The molecule has 7 nitrogen and oxygen atoms in total. The molecule has 3 heterocycles. The van der Waals surface area contributed by atoms with Crippen molar-refractivity contribution in [2.24, 2.45) is 0 Å². The van der Waals surface area contributed by atoms with Gasteiger partial charge in [0.2, 0.25) is 11.8 Å². The van der Waals surface area contributed by atoms with Crippen molar-refractivity contribution in [3.63, 3.8) is 0 Å². The van der Waals surface area contributed by atoms with Crippen LogP contribution in [-0.2, 0) is 4.79 Å². The van der Waals surface area contributed by atoms with Crippen molar-refractivity contribution < 1.29 is 14.1 Å². The smallest absolute Gasteiger partial charge is 0.264 e. The van der Waals surface area contributed by atoms with Crippen LogP contribution in [0.1, 0.15) is 40.1 Å². The lowest BCUT2D eigenvalue weighted by Gasteiger charge is -2.31. The predicted molar refractivity (Wildman–Crippen MR) is 88.9 cm³/mol. The Morgan fingerprint density at radius 2 is 2.17 bits per heavy atom. The summed E-state index contributed by atoms with van der Waals surface area (Å²) in [6, 6.07) is 3.60. The van der Waals surface area contributed by atoms with Gasteiger partial charge in [0, 0.05) is 26.1 Å². The van der Waals surface area contributed by atoms with E-state index in [9.17, 15) is 9.59 Å². The molecule has 0 aliphatic carbocycles. The normalized spacial score (nSPS) is 15.5. The Balaban J connectivity index is 1.51. The van der Waals surface area contributed by atoms with Gasteiger partial charge < -0.3 is 14.3 Å². The van der Waals surface area contributed by atoms with Crippen molar-refractivity contribution in [1.29, 1.82) is 0 Å². The van der Waals surface area contributed by atoms with E-state index < -0.39 is 0 Å². The Hall–Kier alpha value is -2.22. The van der Waals surface area contributed by atoms with Crippen LogP contribution in [0.3, 0.4) is 0 Å². The molecule has 24 heavy (non-hydrogen) atoms. The molecule has 0 bridgehead atoms. The van der Waals surface area contributed by atoms with Gasteiger partial charge in [-0.2, -0.15) is 4.98 Å². The molecule has 2 aromatic heterocycles. The maximum absolute atomic E-state index is 12.4. The number of hydrogen-bond donors (Lipinski definition) is 0. The molecule has 1 saturated heterocycles. The van der Waals surface area contributed by atoms with E-state index in [1.54, 1.807) is 24.9 Å². The molecular weight excluding hydrogens is 328 g/mol. The first-order chi connectivity index (χ1) is 11.5. The van der Waals surface area contributed by atoms with Crippen molar-refractivity contribution >= 4 is 23.2 Å². The summed E-state index contributed by atoms with van der Waals surface area (Å²) >= 11 is 1.38. The minimum atomic E-state index is -0.116. The minimum absolute atomic E-state index is 0.0254. The van der Waals surface area contributed by atoms with Crippen molar-refractivity contribution in [2.75, 3.05) is 26.7 Å². The highest BCUT2D eigenvalue weighted by atomic mass is 32.1. The third-order valence-electron chi connectivity index (χ3n) is 4.19. The molecule has 1 fully saturated rings. The molecule has 2 amide bonds. The van der Waals surface area contributed by atoms with Gasteiger partial charge >= 0.3 is 0 Å². The third kappa shape index (κ3) is 3.64. The Morgan fingerprint density at radius 1 is 1.42 bits per heavy atom. The SMILES string of the molecule is Cc1noc(C2CCN(C(=O)CN(C)C(=O)c3cccs3)CC2)n1. The number of aryl methyl sites for hydroxylation is 1. The summed E-state index contributed by atoms with van der Waals surface area (Å²) in [5, 5.41) is 5.67. The number of likely N-dealkylation sites (N-methyl/N-ethyl adjacent to an activating group) is 1. The lowest BCUT2D eigenvalue weighted by atomic mass is 9.96. The Kier molecular flexibility index (Phi) is 4.94. The molecule has 0 radical (unpaired) electrons. The number of carbonyl (C=O) groups is 2. The summed E-state index contributed by atoms with van der Waals surface area (Å²) in [5.41, 5.74) is 0. The summed E-state index contributed by atoms with van der Waals surface area (Å²) in [6.07, 6.45) is 1.60. The molecule has 0 unspecified atom stereocenters. The van der Waals surface area contributed by atoms with Crippen LogP contribution >= 0.6 is 11.3 Å². The van der Waals surface area contributed by atoms with Crippen LogP contribution in [0, 0.1) is 6.92 Å². The van der Waals surface area contributed by atoms with E-state index in [1.807, 2.05) is 11.4 Å². The predicted octanol–water partition coefficient (Wildman–Crippen LogP) is 1.92. The van der Waals surface area contributed by atoms with E-state index in [0.29, 0.717) is 29.7 Å². The average molecular weight is 348 g/mol. The first-order valence-corrected chi connectivity index (χ1v) is 8.79. The zero-order valence-corrected chi connectivity index (χ0v) is 14.6. The van der Waals surface area contributed by atoms with E-state index in [4.69, 9.17) is 4.52 Å². The van der Waals surface area contributed by atoms with Crippen molar-refractivity contribution in [1.82, 2.24) is 19.9 Å². The molecule has 0 atom stereocenters. The number of nitrogens with zero attached hydrogens (tertiary/aromatic N) is 4. The lowest BCUT2D eigenvalue weighted by Crippen LogP contribution is -2.44. The average Bonchev–Trinajstić information content (AvgIpc) is 3.25. The van der Waals surface area contributed by atoms with Gasteiger partial charge in [0.15, 0.2) is 5.82 Å². The molecule has 8 heteroatoms. The van der Waals surface area contributed by atoms with Crippen LogP contribution in [0.15, 0.2) is 22.0 Å². The second-order valence-corrected chi connectivity index (χ2v) is 6.92. The number of aromatic nitrogens is 2. The van der Waals surface area contributed by atoms with Crippen LogP contribution in [-0.4, -0.2) is 58.4 Å². The summed E-state index contributed by atoms with van der Waals surface area (Å²) in [7, 11) is 1.66. The highest BCUT2D eigenvalue weighted by molar-refractivity contribution is 7.12. The van der Waals surface area contributed by atoms with Crippen molar-refractivity contribution in [3.05, 3.63) is 34.1 Å². The van der Waals surface area contributed by atoms with Crippen molar-refractivity contribution in [2.45, 2.75) is 25.7 Å². The quantitative estimate of drug-likeness (QED) is 0.843. The summed E-state index contributed by atoms with van der Waals surface area (Å²) in [4.78, 5) is 32.8. The van der Waals surface area contributed by atoms with Crippen LogP contribution in [0.5, 0.6) is 0 Å². The standard InChI is InChI=1S/C16H20N4O3S/c1-11-17-15(23-18-11)12-5-7-20(8-6-12)14(21)10-19(2)16(22)13-4-3-9-24-13/h3-4,9,12H,5-8,10H2,1-2H3. The second kappa shape index (κ2) is 7.12. The number of hydrogen-bond acceptors (Lipinski definition) is 6. The number of thiophene rings is 1. The zero-order valence-electron chi connectivity index (χ0n) is 13.8. The van der Waals surface area contributed by atoms with Crippen LogP contribution in [0.2, 0.25) is 0 Å². The van der Waals surface area contributed by atoms with Gasteiger partial charge in [-0.3, -0.25) is 9.59 Å². The summed E-state index contributed by atoms with van der Waals surface area (Å²) in [5.74, 6) is 1.36. The number of piperidine rings is 1. The lowest BCUT2D eigenvalue weighted by molar-refractivity contribution is -0.132. The summed E-state index contributed by atoms with van der Waals surface area (Å²) in [6.45, 7) is 3.19. The fraction of sp³-hybridized carbons (Fsp3) is 0.500. The van der Waals surface area contributed by atoms with Crippen LogP contribution in [0.25, 0.3) is 0 Å². The molecule has 2 aromatic rings. The maximum atomic E-state index is 12.4. The fourth-order valence-electron chi connectivity index (χ4n) is 2.82. The monoisotopic (exact) mass is 348 g/mol. The van der Waals surface area contributed by atoms with E-state index in [-0.39, 0.29) is 24.3 Å². The topological polar surface area (TPSA) is 79.5 Å². The number of rotatable bonds is 4. The number of likely N-dealkylation sites (tertiary alicyclic amines) is 1. The van der Waals surface area contributed by atoms with E-state index in [0.717, 1.165) is 12.8 Å². The molecular formula is C16H20N4O3S. The van der Waals surface area contributed by atoms with E-state index in [1.165, 1.54) is 16.2 Å².